The number of aromatic nitrogens is 2. The summed E-state index contributed by atoms with van der Waals surface area (Å²) in [5.74, 6) is 0.417. The first-order valence-electron chi connectivity index (χ1n) is 6.43. The van der Waals surface area contributed by atoms with E-state index in [1.807, 2.05) is 0 Å². The van der Waals surface area contributed by atoms with Crippen molar-refractivity contribution in [1.29, 1.82) is 0 Å². The standard InChI is InChI=1S/C13H19N3O2/c1-3-10-6-4-5-7-16(10)12-8-11(13(17)18-2)14-9-15-12/h8-10H,3-7H2,1-2H3/t10-/m1/s1. The van der Waals surface area contributed by atoms with Gasteiger partial charge >= 0.3 is 5.97 Å². The Kier molecular flexibility index (Phi) is 4.12. The zero-order valence-corrected chi connectivity index (χ0v) is 10.9. The lowest BCUT2D eigenvalue weighted by Gasteiger charge is -2.36. The van der Waals surface area contributed by atoms with E-state index in [-0.39, 0.29) is 0 Å². The number of methoxy groups -OCH3 is 1. The van der Waals surface area contributed by atoms with Gasteiger partial charge in [-0.15, -0.1) is 0 Å². The van der Waals surface area contributed by atoms with Crippen LogP contribution in [0, 0.1) is 0 Å². The third-order valence-electron chi connectivity index (χ3n) is 3.44. The Morgan fingerprint density at radius 1 is 1.50 bits per heavy atom. The van der Waals surface area contributed by atoms with Crippen LogP contribution < -0.4 is 4.90 Å². The molecule has 0 aromatic carbocycles. The molecule has 1 saturated heterocycles. The Labute approximate surface area is 107 Å². The third kappa shape index (κ3) is 2.60. The fourth-order valence-electron chi connectivity index (χ4n) is 2.45. The highest BCUT2D eigenvalue weighted by Crippen LogP contribution is 2.24. The normalized spacial score (nSPS) is 19.7. The summed E-state index contributed by atoms with van der Waals surface area (Å²) in [6, 6.07) is 2.24. The fraction of sp³-hybridized carbons (Fsp3) is 0.615. The first-order valence-corrected chi connectivity index (χ1v) is 6.43. The minimum atomic E-state index is -0.413. The second-order valence-corrected chi connectivity index (χ2v) is 4.50. The maximum atomic E-state index is 11.5. The molecular formula is C13H19N3O2. The van der Waals surface area contributed by atoms with Crippen molar-refractivity contribution in [2.45, 2.75) is 38.6 Å². The molecule has 1 aromatic heterocycles. The Hall–Kier alpha value is -1.65. The molecule has 0 radical (unpaired) electrons. The average Bonchev–Trinajstić information content (AvgIpc) is 2.46. The molecule has 0 aliphatic carbocycles. The first kappa shape index (κ1) is 12.8. The van der Waals surface area contributed by atoms with Gasteiger partial charge in [-0.25, -0.2) is 14.8 Å². The molecule has 1 atom stereocenters. The summed E-state index contributed by atoms with van der Waals surface area (Å²) in [5.41, 5.74) is 0.322. The van der Waals surface area contributed by atoms with Gasteiger partial charge in [0.2, 0.25) is 0 Å². The topological polar surface area (TPSA) is 55.3 Å². The summed E-state index contributed by atoms with van der Waals surface area (Å²) in [7, 11) is 1.36. The summed E-state index contributed by atoms with van der Waals surface area (Å²) in [6.07, 6.45) is 6.16. The molecule has 0 unspecified atom stereocenters. The lowest BCUT2D eigenvalue weighted by atomic mass is 10.00. The van der Waals surface area contributed by atoms with E-state index < -0.39 is 5.97 Å². The molecule has 5 heteroatoms. The number of hydrogen-bond acceptors (Lipinski definition) is 5. The molecule has 2 heterocycles. The van der Waals surface area contributed by atoms with E-state index in [1.165, 1.54) is 32.7 Å². The number of carbonyl (C=O) groups excluding carboxylic acids is 1. The summed E-state index contributed by atoms with van der Waals surface area (Å²) >= 11 is 0. The van der Waals surface area contributed by atoms with Crippen LogP contribution in [0.3, 0.4) is 0 Å². The SMILES string of the molecule is CC[C@@H]1CCCCN1c1cc(C(=O)OC)ncn1. The molecule has 1 aromatic rings. The highest BCUT2D eigenvalue weighted by atomic mass is 16.5. The zero-order chi connectivity index (χ0) is 13.0. The molecule has 0 N–H and O–H groups in total. The molecule has 1 aliphatic rings. The van der Waals surface area contributed by atoms with E-state index in [9.17, 15) is 4.79 Å². The predicted molar refractivity (Wildman–Crippen MR) is 68.6 cm³/mol. The average molecular weight is 249 g/mol. The van der Waals surface area contributed by atoms with Gasteiger partial charge < -0.3 is 9.64 Å². The van der Waals surface area contributed by atoms with Crippen LogP contribution in [0.25, 0.3) is 0 Å². The number of ether oxygens (including phenoxy) is 1. The van der Waals surface area contributed by atoms with Crippen molar-refractivity contribution in [3.63, 3.8) is 0 Å². The van der Waals surface area contributed by atoms with Gasteiger partial charge in [-0.2, -0.15) is 0 Å². The van der Waals surface area contributed by atoms with Gasteiger partial charge in [-0.3, -0.25) is 0 Å². The number of rotatable bonds is 3. The van der Waals surface area contributed by atoms with E-state index in [1.54, 1.807) is 6.07 Å². The highest BCUT2D eigenvalue weighted by molar-refractivity contribution is 5.87. The Morgan fingerprint density at radius 3 is 3.06 bits per heavy atom. The van der Waals surface area contributed by atoms with Crippen LogP contribution in [0.1, 0.15) is 43.1 Å². The molecule has 1 fully saturated rings. The van der Waals surface area contributed by atoms with Gasteiger partial charge in [0.1, 0.15) is 12.1 Å². The molecule has 2 rings (SSSR count). The van der Waals surface area contributed by atoms with Gasteiger partial charge in [0.25, 0.3) is 0 Å². The van der Waals surface area contributed by atoms with Crippen LogP contribution in [-0.4, -0.2) is 35.6 Å². The van der Waals surface area contributed by atoms with Crippen molar-refractivity contribution in [2.24, 2.45) is 0 Å². The maximum absolute atomic E-state index is 11.5. The number of anilines is 1. The Balaban J connectivity index is 2.23. The van der Waals surface area contributed by atoms with Crippen LogP contribution in [0.15, 0.2) is 12.4 Å². The number of carbonyl (C=O) groups is 1. The van der Waals surface area contributed by atoms with E-state index >= 15 is 0 Å². The highest BCUT2D eigenvalue weighted by Gasteiger charge is 2.23. The van der Waals surface area contributed by atoms with Gasteiger partial charge in [0.15, 0.2) is 5.69 Å². The van der Waals surface area contributed by atoms with Gasteiger partial charge in [0, 0.05) is 18.7 Å². The largest absolute Gasteiger partial charge is 0.464 e. The van der Waals surface area contributed by atoms with Crippen molar-refractivity contribution in [3.8, 4) is 0 Å². The second kappa shape index (κ2) is 5.80. The third-order valence-corrected chi connectivity index (χ3v) is 3.44. The van der Waals surface area contributed by atoms with Gasteiger partial charge in [-0.05, 0) is 25.7 Å². The van der Waals surface area contributed by atoms with E-state index in [0.29, 0.717) is 11.7 Å². The van der Waals surface area contributed by atoms with Crippen molar-refractivity contribution in [1.82, 2.24) is 9.97 Å². The molecule has 0 amide bonds. The molecular weight excluding hydrogens is 230 g/mol. The second-order valence-electron chi connectivity index (χ2n) is 4.50. The lowest BCUT2D eigenvalue weighted by molar-refractivity contribution is 0.0594. The van der Waals surface area contributed by atoms with Gasteiger partial charge in [0.05, 0.1) is 7.11 Å². The van der Waals surface area contributed by atoms with Crippen LogP contribution in [-0.2, 0) is 4.74 Å². The van der Waals surface area contributed by atoms with E-state index in [4.69, 9.17) is 0 Å². The molecule has 98 valence electrons. The monoisotopic (exact) mass is 249 g/mol. The van der Waals surface area contributed by atoms with Crippen LogP contribution >= 0.6 is 0 Å². The maximum Gasteiger partial charge on any atom is 0.356 e. The summed E-state index contributed by atoms with van der Waals surface area (Å²) in [5, 5.41) is 0. The van der Waals surface area contributed by atoms with Crippen LogP contribution in [0.5, 0.6) is 0 Å². The van der Waals surface area contributed by atoms with Gasteiger partial charge in [-0.1, -0.05) is 6.92 Å². The number of hydrogen-bond donors (Lipinski definition) is 0. The minimum absolute atomic E-state index is 0.322. The fourth-order valence-corrected chi connectivity index (χ4v) is 2.45. The van der Waals surface area contributed by atoms with Crippen molar-refractivity contribution in [3.05, 3.63) is 18.1 Å². The minimum Gasteiger partial charge on any atom is -0.464 e. The van der Waals surface area contributed by atoms with Crippen molar-refractivity contribution in [2.75, 3.05) is 18.6 Å². The predicted octanol–water partition coefficient (Wildman–Crippen LogP) is 2.03. The first-order chi connectivity index (χ1) is 8.76. The summed E-state index contributed by atoms with van der Waals surface area (Å²) < 4.78 is 4.68. The van der Waals surface area contributed by atoms with Crippen LogP contribution in [0.2, 0.25) is 0 Å². The quantitative estimate of drug-likeness (QED) is 0.767. The molecule has 0 saturated carbocycles. The smallest absolute Gasteiger partial charge is 0.356 e. The van der Waals surface area contributed by atoms with E-state index in [0.717, 1.165) is 18.8 Å². The number of esters is 1. The molecule has 1 aliphatic heterocycles. The Bertz CT molecular complexity index is 422. The molecule has 5 nitrogen and oxygen atoms in total. The molecule has 18 heavy (non-hydrogen) atoms. The molecule has 0 spiro atoms. The van der Waals surface area contributed by atoms with Crippen molar-refractivity contribution < 1.29 is 9.53 Å². The Morgan fingerprint density at radius 2 is 2.33 bits per heavy atom. The zero-order valence-electron chi connectivity index (χ0n) is 10.9. The van der Waals surface area contributed by atoms with E-state index in [2.05, 4.69) is 26.5 Å². The number of nitrogens with zero attached hydrogens (tertiary/aromatic N) is 3. The van der Waals surface area contributed by atoms with Crippen LogP contribution in [0.4, 0.5) is 5.82 Å². The molecule has 0 bridgehead atoms. The summed E-state index contributed by atoms with van der Waals surface area (Å²) in [6.45, 7) is 3.18. The van der Waals surface area contributed by atoms with Crippen molar-refractivity contribution >= 4 is 11.8 Å². The number of piperidine rings is 1. The lowest BCUT2D eigenvalue weighted by Crippen LogP contribution is -2.39. The summed E-state index contributed by atoms with van der Waals surface area (Å²) in [4.78, 5) is 22.0.